The van der Waals surface area contributed by atoms with Crippen LogP contribution in [-0.4, -0.2) is 42.4 Å². The van der Waals surface area contributed by atoms with Crippen molar-refractivity contribution >= 4 is 11.6 Å². The van der Waals surface area contributed by atoms with Crippen LogP contribution >= 0.6 is 0 Å². The highest BCUT2D eigenvalue weighted by Crippen LogP contribution is 2.15. The molecule has 0 heterocycles. The maximum atomic E-state index is 12.0. The predicted molar refractivity (Wildman–Crippen MR) is 78.9 cm³/mol. The normalized spacial score (nSPS) is 15.2. The second kappa shape index (κ2) is 9.50. The highest BCUT2D eigenvalue weighted by Gasteiger charge is 2.26. The molecule has 1 unspecified atom stereocenters. The zero-order valence-electron chi connectivity index (χ0n) is 12.6. The Morgan fingerprint density at radius 3 is 2.40 bits per heavy atom. The molecule has 6 heteroatoms. The van der Waals surface area contributed by atoms with E-state index in [1.165, 1.54) is 6.92 Å². The van der Waals surface area contributed by atoms with E-state index in [1.54, 1.807) is 14.0 Å². The summed E-state index contributed by atoms with van der Waals surface area (Å²) < 4.78 is 0. The summed E-state index contributed by atoms with van der Waals surface area (Å²) >= 11 is 0. The minimum atomic E-state index is -0.776. The van der Waals surface area contributed by atoms with Crippen LogP contribution in [0.15, 0.2) is 12.4 Å². The Balaban J connectivity index is 4.36. The Bertz CT molecular complexity index is 343. The van der Waals surface area contributed by atoms with E-state index in [4.69, 9.17) is 5.73 Å². The molecule has 0 saturated heterocycles. The molecule has 0 spiro atoms. The molecule has 3 atom stereocenters. The molecule has 116 valence electrons. The Morgan fingerprint density at radius 2 is 2.00 bits per heavy atom. The van der Waals surface area contributed by atoms with Gasteiger partial charge in [0.15, 0.2) is 5.78 Å². The molecule has 0 rings (SSSR count). The van der Waals surface area contributed by atoms with E-state index in [-0.39, 0.29) is 23.9 Å². The molecule has 0 amide bonds. The molecule has 0 bridgehead atoms. The molecule has 0 aliphatic rings. The van der Waals surface area contributed by atoms with E-state index in [2.05, 4.69) is 17.2 Å². The summed E-state index contributed by atoms with van der Waals surface area (Å²) in [4.78, 5) is 23.6. The minimum Gasteiger partial charge on any atom is -0.391 e. The van der Waals surface area contributed by atoms with Gasteiger partial charge in [-0.15, -0.1) is 0 Å². The number of nitrogens with two attached hydrogens (primary N) is 1. The van der Waals surface area contributed by atoms with Gasteiger partial charge in [0.1, 0.15) is 5.78 Å². The number of Topliss-reactive ketones (excluding diaryl/α,β-unsaturated/α-hetero) is 2. The van der Waals surface area contributed by atoms with Gasteiger partial charge in [-0.3, -0.25) is 9.59 Å². The van der Waals surface area contributed by atoms with Crippen molar-refractivity contribution < 1.29 is 14.7 Å². The number of nitrogens with one attached hydrogen (secondary N) is 2. The van der Waals surface area contributed by atoms with E-state index >= 15 is 0 Å². The maximum absolute atomic E-state index is 12.0. The summed E-state index contributed by atoms with van der Waals surface area (Å²) in [5.41, 5.74) is 5.38. The third-order valence-electron chi connectivity index (χ3n) is 3.24. The number of aliphatic hydroxyl groups is 1. The minimum absolute atomic E-state index is 0.00892. The number of hydrogen-bond donors (Lipinski definition) is 4. The van der Waals surface area contributed by atoms with Gasteiger partial charge in [0, 0.05) is 18.9 Å². The summed E-state index contributed by atoms with van der Waals surface area (Å²) in [7, 11) is 1.62. The second-order valence-corrected chi connectivity index (χ2v) is 5.08. The van der Waals surface area contributed by atoms with E-state index in [0.717, 1.165) is 6.42 Å². The van der Waals surface area contributed by atoms with Crippen LogP contribution < -0.4 is 16.4 Å². The average Bonchev–Trinajstić information content (AvgIpc) is 2.32. The molecule has 0 saturated carbocycles. The first-order valence-electron chi connectivity index (χ1n) is 6.86. The van der Waals surface area contributed by atoms with Crippen molar-refractivity contribution in [1.29, 1.82) is 0 Å². The van der Waals surface area contributed by atoms with Gasteiger partial charge in [0.05, 0.1) is 18.0 Å². The molecule has 0 fully saturated rings. The van der Waals surface area contributed by atoms with Gasteiger partial charge in [-0.05, 0) is 33.7 Å². The molecular weight excluding hydrogens is 258 g/mol. The zero-order chi connectivity index (χ0) is 15.7. The third-order valence-corrected chi connectivity index (χ3v) is 3.24. The molecule has 5 N–H and O–H groups in total. The fourth-order valence-corrected chi connectivity index (χ4v) is 2.09. The molecular formula is C14H27N3O3. The lowest BCUT2D eigenvalue weighted by Gasteiger charge is -2.20. The number of carbonyl (C=O) groups excluding carboxylic acids is 2. The van der Waals surface area contributed by atoms with Gasteiger partial charge in [-0.1, -0.05) is 6.58 Å². The maximum Gasteiger partial charge on any atom is 0.153 e. The molecule has 0 aromatic rings. The lowest BCUT2D eigenvalue weighted by atomic mass is 9.90. The van der Waals surface area contributed by atoms with Crippen molar-refractivity contribution in [3.8, 4) is 0 Å². The first-order chi connectivity index (χ1) is 9.29. The number of ketones is 2. The standard InChI is InChI=1S/C14H27N3O3/c1-9(18)12(6-5-7-17-11(3)15)8-13(20)14(16-4)10(2)19/h10,12,14,16-17,19H,3,5-8,15H2,1-2,4H3/t10?,12-,14+/m1/s1. The van der Waals surface area contributed by atoms with Crippen LogP contribution in [0.2, 0.25) is 0 Å². The number of carbonyl (C=O) groups is 2. The fourth-order valence-electron chi connectivity index (χ4n) is 2.09. The largest absolute Gasteiger partial charge is 0.391 e. The van der Waals surface area contributed by atoms with Crippen LogP contribution in [0.1, 0.15) is 33.1 Å². The Labute approximate surface area is 120 Å². The van der Waals surface area contributed by atoms with Gasteiger partial charge in [0.2, 0.25) is 0 Å². The van der Waals surface area contributed by atoms with Crippen LogP contribution in [0, 0.1) is 5.92 Å². The van der Waals surface area contributed by atoms with Crippen LogP contribution in [0.5, 0.6) is 0 Å². The molecule has 0 aromatic carbocycles. The quantitative estimate of drug-likeness (QED) is 0.396. The van der Waals surface area contributed by atoms with E-state index in [9.17, 15) is 14.7 Å². The third kappa shape index (κ3) is 7.25. The Kier molecular flexibility index (Phi) is 8.83. The van der Waals surface area contributed by atoms with E-state index < -0.39 is 12.1 Å². The van der Waals surface area contributed by atoms with Crippen molar-refractivity contribution in [2.24, 2.45) is 11.7 Å². The number of rotatable bonds is 11. The Hall–Kier alpha value is -1.40. The molecule has 0 aliphatic carbocycles. The van der Waals surface area contributed by atoms with Crippen LogP contribution in [0.3, 0.4) is 0 Å². The van der Waals surface area contributed by atoms with Gasteiger partial charge in [0.25, 0.3) is 0 Å². The monoisotopic (exact) mass is 285 g/mol. The second-order valence-electron chi connectivity index (χ2n) is 5.08. The first-order valence-corrected chi connectivity index (χ1v) is 6.86. The molecule has 0 aromatic heterocycles. The van der Waals surface area contributed by atoms with Crippen LogP contribution in [-0.2, 0) is 9.59 Å². The van der Waals surface area contributed by atoms with Crippen molar-refractivity contribution in [2.45, 2.75) is 45.3 Å². The topological polar surface area (TPSA) is 104 Å². The summed E-state index contributed by atoms with van der Waals surface area (Å²) in [5, 5.41) is 15.2. The molecule has 0 radical (unpaired) electrons. The summed E-state index contributed by atoms with van der Waals surface area (Å²) in [6.07, 6.45) is 0.710. The fraction of sp³-hybridized carbons (Fsp3) is 0.714. The SMILES string of the molecule is C=C(N)NCCC[C@H](CC(=O)[C@@H](NC)C(C)O)C(C)=O. The van der Waals surface area contributed by atoms with Gasteiger partial charge >= 0.3 is 0 Å². The number of likely N-dealkylation sites (N-methyl/N-ethyl adjacent to an activating group) is 1. The summed E-state index contributed by atoms with van der Waals surface area (Å²) in [6.45, 7) is 7.19. The van der Waals surface area contributed by atoms with Crippen LogP contribution in [0.25, 0.3) is 0 Å². The van der Waals surface area contributed by atoms with Gasteiger partial charge in [-0.2, -0.15) is 0 Å². The van der Waals surface area contributed by atoms with Crippen molar-refractivity contribution in [3.05, 3.63) is 12.4 Å². The summed E-state index contributed by atoms with van der Waals surface area (Å²) in [6, 6.07) is -0.626. The first kappa shape index (κ1) is 18.6. The van der Waals surface area contributed by atoms with Gasteiger partial charge < -0.3 is 21.5 Å². The van der Waals surface area contributed by atoms with Crippen LogP contribution in [0.4, 0.5) is 0 Å². The average molecular weight is 285 g/mol. The highest BCUT2D eigenvalue weighted by molar-refractivity contribution is 5.90. The Morgan fingerprint density at radius 1 is 1.40 bits per heavy atom. The molecule has 6 nitrogen and oxygen atoms in total. The smallest absolute Gasteiger partial charge is 0.153 e. The van der Waals surface area contributed by atoms with E-state index in [0.29, 0.717) is 18.8 Å². The number of hydrogen-bond acceptors (Lipinski definition) is 6. The van der Waals surface area contributed by atoms with Crippen molar-refractivity contribution in [3.63, 3.8) is 0 Å². The highest BCUT2D eigenvalue weighted by atomic mass is 16.3. The van der Waals surface area contributed by atoms with Crippen molar-refractivity contribution in [1.82, 2.24) is 10.6 Å². The van der Waals surface area contributed by atoms with Crippen molar-refractivity contribution in [2.75, 3.05) is 13.6 Å². The lowest BCUT2D eigenvalue weighted by Crippen LogP contribution is -2.43. The van der Waals surface area contributed by atoms with Gasteiger partial charge in [-0.25, -0.2) is 0 Å². The summed E-state index contributed by atoms with van der Waals surface area (Å²) in [5.74, 6) is -0.0704. The predicted octanol–water partition coefficient (Wildman–Crippen LogP) is -0.0807. The lowest BCUT2D eigenvalue weighted by molar-refractivity contribution is -0.129. The molecule has 0 aliphatic heterocycles. The zero-order valence-corrected chi connectivity index (χ0v) is 12.6. The molecule has 20 heavy (non-hydrogen) atoms. The van der Waals surface area contributed by atoms with E-state index in [1.807, 2.05) is 0 Å². The number of aliphatic hydroxyl groups excluding tert-OH is 1.